The smallest absolute Gasteiger partial charge is 0.264 e. The van der Waals surface area contributed by atoms with Gasteiger partial charge in [-0.15, -0.1) is 0 Å². The third-order valence-corrected chi connectivity index (χ3v) is 8.78. The monoisotopic (exact) mass is 558 g/mol. The normalized spacial score (nSPS) is 15.3. The fourth-order valence-corrected chi connectivity index (χ4v) is 6.10. The van der Waals surface area contributed by atoms with Gasteiger partial charge in [0.05, 0.1) is 23.7 Å². The van der Waals surface area contributed by atoms with Crippen molar-refractivity contribution in [2.75, 3.05) is 24.0 Å². The summed E-state index contributed by atoms with van der Waals surface area (Å²) in [6.45, 7) is 8.45. The Morgan fingerprint density at radius 1 is 0.975 bits per heavy atom. The summed E-state index contributed by atoms with van der Waals surface area (Å²) >= 11 is 0. The molecular formula is C32H34N2O5S. The minimum absolute atomic E-state index is 0.145. The zero-order valence-electron chi connectivity index (χ0n) is 23.2. The summed E-state index contributed by atoms with van der Waals surface area (Å²) in [7, 11) is -3.95. The lowest BCUT2D eigenvalue weighted by molar-refractivity contribution is -0.127. The lowest BCUT2D eigenvalue weighted by Crippen LogP contribution is -2.51. The molecule has 1 aliphatic rings. The Labute approximate surface area is 235 Å². The number of fused-ring (bicyclic) bond motifs is 2. The molecule has 1 amide bonds. The second kappa shape index (κ2) is 10.8. The van der Waals surface area contributed by atoms with Crippen molar-refractivity contribution in [2.45, 2.75) is 44.1 Å². The minimum Gasteiger partial charge on any atom is -0.492 e. The van der Waals surface area contributed by atoms with Crippen LogP contribution in [-0.4, -0.2) is 40.1 Å². The van der Waals surface area contributed by atoms with Crippen LogP contribution in [0.15, 0.2) is 89.8 Å². The molecule has 1 aliphatic heterocycles. The molecule has 4 aromatic rings. The van der Waals surface area contributed by atoms with Gasteiger partial charge in [-0.05, 0) is 65.1 Å². The number of carbonyl (C=O) groups excluding carboxylic acids is 1. The lowest BCUT2D eigenvalue weighted by Gasteiger charge is -2.36. The van der Waals surface area contributed by atoms with Crippen LogP contribution in [-0.2, 0) is 20.2 Å². The average Bonchev–Trinajstić information content (AvgIpc) is 2.94. The van der Waals surface area contributed by atoms with Gasteiger partial charge in [0.25, 0.3) is 15.9 Å². The zero-order valence-corrected chi connectivity index (χ0v) is 24.0. The molecule has 0 bridgehead atoms. The van der Waals surface area contributed by atoms with Crippen LogP contribution in [0.3, 0.4) is 0 Å². The molecular weight excluding hydrogens is 524 g/mol. The summed E-state index contributed by atoms with van der Waals surface area (Å²) in [5, 5.41) is 5.03. The second-order valence-corrected chi connectivity index (χ2v) is 12.9. The zero-order chi connectivity index (χ0) is 28.5. The first kappa shape index (κ1) is 27.5. The van der Waals surface area contributed by atoms with Gasteiger partial charge in [0, 0.05) is 0 Å². The van der Waals surface area contributed by atoms with E-state index in [0.29, 0.717) is 17.2 Å². The summed E-state index contributed by atoms with van der Waals surface area (Å²) in [5.74, 6) is 0.653. The Bertz CT molecular complexity index is 1640. The fraction of sp³-hybridized carbons (Fsp3) is 0.281. The quantitative estimate of drug-likeness (QED) is 0.299. The molecule has 0 spiro atoms. The van der Waals surface area contributed by atoms with Crippen molar-refractivity contribution in [1.29, 1.82) is 0 Å². The molecule has 0 aliphatic carbocycles. The van der Waals surface area contributed by atoms with Crippen LogP contribution in [0, 0.1) is 6.92 Å². The van der Waals surface area contributed by atoms with Crippen molar-refractivity contribution < 1.29 is 22.7 Å². The van der Waals surface area contributed by atoms with Crippen molar-refractivity contribution >= 4 is 32.4 Å². The first-order valence-corrected chi connectivity index (χ1v) is 14.8. The van der Waals surface area contributed by atoms with E-state index >= 15 is 0 Å². The highest BCUT2D eigenvalue weighted by molar-refractivity contribution is 7.92. The van der Waals surface area contributed by atoms with Gasteiger partial charge in [-0.1, -0.05) is 74.9 Å². The maximum Gasteiger partial charge on any atom is 0.264 e. The molecule has 0 aromatic heterocycles. The number of hydrogen-bond acceptors (Lipinski definition) is 5. The van der Waals surface area contributed by atoms with Gasteiger partial charge in [0.15, 0.2) is 6.10 Å². The van der Waals surface area contributed by atoms with Gasteiger partial charge in [-0.3, -0.25) is 9.10 Å². The highest BCUT2D eigenvalue weighted by atomic mass is 32.2. The van der Waals surface area contributed by atoms with Crippen molar-refractivity contribution in [3.63, 3.8) is 0 Å². The van der Waals surface area contributed by atoms with Crippen LogP contribution < -0.4 is 19.1 Å². The minimum atomic E-state index is -3.95. The van der Waals surface area contributed by atoms with E-state index in [1.54, 1.807) is 30.3 Å². The van der Waals surface area contributed by atoms with E-state index in [-0.39, 0.29) is 30.0 Å². The standard InChI is InChI=1S/C32H34N2O5S/c1-22-9-14-27(15-10-22)40(36,37)34-21-30(39-29-16-12-25(20-28(29)34)32(2,3)4)31(35)33-17-18-38-26-13-11-23-7-5-6-8-24(23)19-26/h5-16,19-20,30H,17-18,21H2,1-4H3,(H,33,35). The van der Waals surface area contributed by atoms with E-state index in [1.807, 2.05) is 61.5 Å². The molecule has 7 nitrogen and oxygen atoms in total. The molecule has 208 valence electrons. The second-order valence-electron chi connectivity index (χ2n) is 11.0. The summed E-state index contributed by atoms with van der Waals surface area (Å²) < 4.78 is 40.8. The van der Waals surface area contributed by atoms with Gasteiger partial charge in [0.2, 0.25) is 0 Å². The van der Waals surface area contributed by atoms with E-state index in [1.165, 1.54) is 4.31 Å². The molecule has 1 atom stereocenters. The van der Waals surface area contributed by atoms with Crippen molar-refractivity contribution in [1.82, 2.24) is 5.32 Å². The SMILES string of the molecule is Cc1ccc(S(=O)(=O)N2CC(C(=O)NCCOc3ccc4ccccc4c3)Oc3ccc(C(C)(C)C)cc32)cc1. The average molecular weight is 559 g/mol. The number of carbonyl (C=O) groups is 1. The van der Waals surface area contributed by atoms with Crippen molar-refractivity contribution in [2.24, 2.45) is 0 Å². The number of aryl methyl sites for hydroxylation is 1. The van der Waals surface area contributed by atoms with Gasteiger partial charge in [-0.2, -0.15) is 0 Å². The number of amides is 1. The van der Waals surface area contributed by atoms with E-state index in [2.05, 4.69) is 26.1 Å². The van der Waals surface area contributed by atoms with Gasteiger partial charge < -0.3 is 14.8 Å². The highest BCUT2D eigenvalue weighted by Gasteiger charge is 2.38. The largest absolute Gasteiger partial charge is 0.492 e. The third kappa shape index (κ3) is 5.77. The molecule has 0 radical (unpaired) electrons. The molecule has 0 fully saturated rings. The Balaban J connectivity index is 1.32. The van der Waals surface area contributed by atoms with Crippen LogP contribution in [0.25, 0.3) is 10.8 Å². The molecule has 5 rings (SSSR count). The lowest BCUT2D eigenvalue weighted by atomic mass is 9.86. The number of anilines is 1. The molecule has 1 heterocycles. The molecule has 4 aromatic carbocycles. The predicted molar refractivity (Wildman–Crippen MR) is 158 cm³/mol. The molecule has 1 unspecified atom stereocenters. The number of nitrogens with one attached hydrogen (secondary N) is 1. The maximum absolute atomic E-state index is 13.8. The van der Waals surface area contributed by atoms with E-state index in [0.717, 1.165) is 21.9 Å². The van der Waals surface area contributed by atoms with Crippen LogP contribution >= 0.6 is 0 Å². The van der Waals surface area contributed by atoms with E-state index < -0.39 is 22.0 Å². The molecule has 8 heteroatoms. The number of hydrogen-bond donors (Lipinski definition) is 1. The Morgan fingerprint density at radius 2 is 1.70 bits per heavy atom. The molecule has 1 N–H and O–H groups in total. The number of benzene rings is 4. The summed E-state index contributed by atoms with van der Waals surface area (Å²) in [4.78, 5) is 13.3. The van der Waals surface area contributed by atoms with Crippen LogP contribution in [0.5, 0.6) is 11.5 Å². The molecule has 0 saturated heterocycles. The summed E-state index contributed by atoms with van der Waals surface area (Å²) in [6, 6.07) is 26.1. The molecule has 40 heavy (non-hydrogen) atoms. The number of rotatable bonds is 7. The van der Waals surface area contributed by atoms with E-state index in [4.69, 9.17) is 9.47 Å². The van der Waals surface area contributed by atoms with Crippen LogP contribution in [0.1, 0.15) is 31.9 Å². The Morgan fingerprint density at radius 3 is 2.42 bits per heavy atom. The van der Waals surface area contributed by atoms with Gasteiger partial charge in [0.1, 0.15) is 18.1 Å². The Kier molecular flexibility index (Phi) is 7.47. The summed E-state index contributed by atoms with van der Waals surface area (Å²) in [5.41, 5.74) is 2.15. The van der Waals surface area contributed by atoms with Crippen LogP contribution in [0.2, 0.25) is 0 Å². The number of sulfonamides is 1. The first-order chi connectivity index (χ1) is 19.0. The summed E-state index contributed by atoms with van der Waals surface area (Å²) in [6.07, 6.45) is -1.02. The third-order valence-electron chi connectivity index (χ3n) is 6.99. The van der Waals surface area contributed by atoms with E-state index in [9.17, 15) is 13.2 Å². The fourth-order valence-electron chi connectivity index (χ4n) is 4.63. The van der Waals surface area contributed by atoms with Gasteiger partial charge >= 0.3 is 0 Å². The topological polar surface area (TPSA) is 84.9 Å². The number of nitrogens with zero attached hydrogens (tertiary/aromatic N) is 1. The first-order valence-electron chi connectivity index (χ1n) is 13.3. The van der Waals surface area contributed by atoms with Crippen LogP contribution in [0.4, 0.5) is 5.69 Å². The van der Waals surface area contributed by atoms with Crippen molar-refractivity contribution in [3.8, 4) is 11.5 Å². The Hall–Kier alpha value is -4.04. The highest BCUT2D eigenvalue weighted by Crippen LogP contribution is 2.40. The predicted octanol–water partition coefficient (Wildman–Crippen LogP) is 5.60. The number of ether oxygens (including phenoxy) is 2. The van der Waals surface area contributed by atoms with Gasteiger partial charge in [-0.25, -0.2) is 8.42 Å². The molecule has 0 saturated carbocycles. The maximum atomic E-state index is 13.8. The van der Waals surface area contributed by atoms with Crippen molar-refractivity contribution in [3.05, 3.63) is 96.1 Å².